The van der Waals surface area contributed by atoms with Crippen molar-refractivity contribution in [2.45, 2.75) is 38.6 Å². The van der Waals surface area contributed by atoms with Crippen molar-refractivity contribution in [3.05, 3.63) is 36.7 Å². The Hall–Kier alpha value is -1.84. The van der Waals surface area contributed by atoms with E-state index >= 15 is 0 Å². The maximum Gasteiger partial charge on any atom is 0.0894 e. The molecule has 4 heteroatoms. The number of rotatable bonds is 5. The SMILES string of the molecule is CC(CC1CCC1)Nc1ccccc1-n1ccnn1. The van der Waals surface area contributed by atoms with E-state index in [-0.39, 0.29) is 0 Å². The number of aromatic nitrogens is 3. The summed E-state index contributed by atoms with van der Waals surface area (Å²) >= 11 is 0. The minimum absolute atomic E-state index is 0.495. The van der Waals surface area contributed by atoms with Gasteiger partial charge in [0.25, 0.3) is 0 Å². The molecule has 0 radical (unpaired) electrons. The minimum Gasteiger partial charge on any atom is -0.381 e. The van der Waals surface area contributed by atoms with Gasteiger partial charge in [-0.15, -0.1) is 5.10 Å². The molecule has 0 saturated heterocycles. The summed E-state index contributed by atoms with van der Waals surface area (Å²) in [5.74, 6) is 0.918. The molecule has 100 valence electrons. The highest BCUT2D eigenvalue weighted by atomic mass is 15.4. The van der Waals surface area contributed by atoms with Crippen LogP contribution in [0.5, 0.6) is 0 Å². The Balaban J connectivity index is 1.73. The first kappa shape index (κ1) is 12.2. The second-order valence-corrected chi connectivity index (χ2v) is 5.44. The zero-order valence-corrected chi connectivity index (χ0v) is 11.3. The van der Waals surface area contributed by atoms with Crippen LogP contribution in [-0.2, 0) is 0 Å². The van der Waals surface area contributed by atoms with Crippen molar-refractivity contribution in [1.82, 2.24) is 15.0 Å². The Labute approximate surface area is 113 Å². The Morgan fingerprint density at radius 1 is 1.37 bits per heavy atom. The quantitative estimate of drug-likeness (QED) is 0.893. The molecule has 2 aromatic rings. The van der Waals surface area contributed by atoms with Gasteiger partial charge >= 0.3 is 0 Å². The van der Waals surface area contributed by atoms with Crippen LogP contribution in [0.25, 0.3) is 5.69 Å². The van der Waals surface area contributed by atoms with Gasteiger partial charge in [-0.25, -0.2) is 4.68 Å². The summed E-state index contributed by atoms with van der Waals surface area (Å²) in [4.78, 5) is 0. The van der Waals surface area contributed by atoms with Crippen LogP contribution < -0.4 is 5.32 Å². The zero-order valence-electron chi connectivity index (χ0n) is 11.3. The predicted octanol–water partition coefficient (Wildman–Crippen LogP) is 3.26. The molecule has 1 saturated carbocycles. The first-order valence-corrected chi connectivity index (χ1v) is 7.05. The van der Waals surface area contributed by atoms with Gasteiger partial charge in [-0.05, 0) is 31.4 Å². The van der Waals surface area contributed by atoms with Gasteiger partial charge in [-0.1, -0.05) is 36.6 Å². The first-order chi connectivity index (χ1) is 9.33. The van der Waals surface area contributed by atoms with E-state index in [2.05, 4.69) is 40.8 Å². The molecule has 0 spiro atoms. The fourth-order valence-corrected chi connectivity index (χ4v) is 2.69. The fraction of sp³-hybridized carbons (Fsp3) is 0.467. The van der Waals surface area contributed by atoms with Gasteiger partial charge in [0, 0.05) is 6.04 Å². The Kier molecular flexibility index (Phi) is 3.49. The van der Waals surface area contributed by atoms with E-state index in [1.807, 2.05) is 12.3 Å². The highest BCUT2D eigenvalue weighted by Gasteiger charge is 2.20. The summed E-state index contributed by atoms with van der Waals surface area (Å²) in [6, 6.07) is 8.74. The normalized spacial score (nSPS) is 16.9. The van der Waals surface area contributed by atoms with E-state index in [4.69, 9.17) is 0 Å². The summed E-state index contributed by atoms with van der Waals surface area (Å²) in [5, 5.41) is 11.6. The van der Waals surface area contributed by atoms with E-state index in [0.29, 0.717) is 6.04 Å². The lowest BCUT2D eigenvalue weighted by Gasteiger charge is -2.29. The van der Waals surface area contributed by atoms with E-state index in [1.54, 1.807) is 10.9 Å². The number of hydrogen-bond acceptors (Lipinski definition) is 3. The second-order valence-electron chi connectivity index (χ2n) is 5.44. The number of para-hydroxylation sites is 2. The monoisotopic (exact) mass is 256 g/mol. The van der Waals surface area contributed by atoms with Crippen LogP contribution in [0, 0.1) is 5.92 Å². The molecule has 1 atom stereocenters. The van der Waals surface area contributed by atoms with Crippen molar-refractivity contribution in [3.8, 4) is 5.69 Å². The maximum absolute atomic E-state index is 4.07. The van der Waals surface area contributed by atoms with Crippen LogP contribution in [0.3, 0.4) is 0 Å². The smallest absolute Gasteiger partial charge is 0.0894 e. The molecule has 1 N–H and O–H groups in total. The Morgan fingerprint density at radius 3 is 2.89 bits per heavy atom. The summed E-state index contributed by atoms with van der Waals surface area (Å²) in [6.07, 6.45) is 9.04. The lowest BCUT2D eigenvalue weighted by Crippen LogP contribution is -2.23. The third-order valence-corrected chi connectivity index (χ3v) is 3.89. The van der Waals surface area contributed by atoms with Crippen molar-refractivity contribution >= 4 is 5.69 Å². The molecular formula is C15H20N4. The predicted molar refractivity (Wildman–Crippen MR) is 76.4 cm³/mol. The number of hydrogen-bond donors (Lipinski definition) is 1. The van der Waals surface area contributed by atoms with Crippen molar-refractivity contribution in [3.63, 3.8) is 0 Å². The first-order valence-electron chi connectivity index (χ1n) is 7.05. The molecule has 1 heterocycles. The molecule has 4 nitrogen and oxygen atoms in total. The van der Waals surface area contributed by atoms with Crippen molar-refractivity contribution in [2.24, 2.45) is 5.92 Å². The van der Waals surface area contributed by atoms with Crippen molar-refractivity contribution in [1.29, 1.82) is 0 Å². The van der Waals surface area contributed by atoms with Gasteiger partial charge in [0.1, 0.15) is 0 Å². The highest BCUT2D eigenvalue weighted by Crippen LogP contribution is 2.31. The molecule has 0 aliphatic heterocycles. The number of nitrogens with one attached hydrogen (secondary N) is 1. The van der Waals surface area contributed by atoms with Crippen LogP contribution in [-0.4, -0.2) is 21.0 Å². The molecule has 1 aromatic heterocycles. The van der Waals surface area contributed by atoms with Crippen LogP contribution >= 0.6 is 0 Å². The highest BCUT2D eigenvalue weighted by molar-refractivity contribution is 5.60. The number of benzene rings is 1. The molecular weight excluding hydrogens is 236 g/mol. The molecule has 0 bridgehead atoms. The van der Waals surface area contributed by atoms with Crippen LogP contribution in [0.1, 0.15) is 32.6 Å². The molecule has 1 fully saturated rings. The third-order valence-electron chi connectivity index (χ3n) is 3.89. The lowest BCUT2D eigenvalue weighted by atomic mass is 9.81. The average Bonchev–Trinajstić information content (AvgIpc) is 2.88. The fourth-order valence-electron chi connectivity index (χ4n) is 2.69. The van der Waals surface area contributed by atoms with Crippen molar-refractivity contribution < 1.29 is 0 Å². The second kappa shape index (κ2) is 5.43. The zero-order chi connectivity index (χ0) is 13.1. The standard InChI is InChI=1S/C15H20N4/c1-12(11-13-5-4-6-13)17-14-7-2-3-8-15(14)19-10-9-16-18-19/h2-3,7-10,12-13,17H,4-6,11H2,1H3. The van der Waals surface area contributed by atoms with E-state index in [9.17, 15) is 0 Å². The van der Waals surface area contributed by atoms with Gasteiger partial charge in [-0.2, -0.15) is 0 Å². The van der Waals surface area contributed by atoms with Crippen LogP contribution in [0.4, 0.5) is 5.69 Å². The molecule has 1 aromatic carbocycles. The van der Waals surface area contributed by atoms with Gasteiger partial charge in [-0.3, -0.25) is 0 Å². The van der Waals surface area contributed by atoms with Gasteiger partial charge in [0.2, 0.25) is 0 Å². The van der Waals surface area contributed by atoms with Crippen LogP contribution in [0.15, 0.2) is 36.7 Å². The molecule has 1 aliphatic carbocycles. The largest absolute Gasteiger partial charge is 0.381 e. The van der Waals surface area contributed by atoms with Gasteiger partial charge in [0.05, 0.1) is 23.8 Å². The molecule has 0 amide bonds. The third kappa shape index (κ3) is 2.78. The summed E-state index contributed by atoms with van der Waals surface area (Å²) in [7, 11) is 0. The van der Waals surface area contributed by atoms with E-state index < -0.39 is 0 Å². The van der Waals surface area contributed by atoms with Gasteiger partial charge < -0.3 is 5.32 Å². The summed E-state index contributed by atoms with van der Waals surface area (Å²) < 4.78 is 1.80. The summed E-state index contributed by atoms with van der Waals surface area (Å²) in [6.45, 7) is 2.26. The Bertz CT molecular complexity index is 517. The minimum atomic E-state index is 0.495. The van der Waals surface area contributed by atoms with Crippen molar-refractivity contribution in [2.75, 3.05) is 5.32 Å². The van der Waals surface area contributed by atoms with E-state index in [0.717, 1.165) is 17.3 Å². The lowest BCUT2D eigenvalue weighted by molar-refractivity contribution is 0.286. The van der Waals surface area contributed by atoms with Gasteiger partial charge in [0.15, 0.2) is 0 Å². The average molecular weight is 256 g/mol. The number of nitrogens with zero attached hydrogens (tertiary/aromatic N) is 3. The Morgan fingerprint density at radius 2 is 2.21 bits per heavy atom. The molecule has 1 unspecified atom stereocenters. The molecule has 19 heavy (non-hydrogen) atoms. The van der Waals surface area contributed by atoms with E-state index in [1.165, 1.54) is 25.7 Å². The molecule has 1 aliphatic rings. The maximum atomic E-state index is 4.07. The summed E-state index contributed by atoms with van der Waals surface area (Å²) in [5.41, 5.74) is 2.18. The van der Waals surface area contributed by atoms with Crippen LogP contribution in [0.2, 0.25) is 0 Å². The molecule has 3 rings (SSSR count). The number of anilines is 1. The topological polar surface area (TPSA) is 42.7 Å².